The van der Waals surface area contributed by atoms with Crippen LogP contribution in [0.5, 0.6) is 0 Å². The smallest absolute Gasteiger partial charge is 0.319 e. The molecule has 0 aliphatic rings. The van der Waals surface area contributed by atoms with Crippen molar-refractivity contribution in [2.24, 2.45) is 0 Å². The van der Waals surface area contributed by atoms with Crippen molar-refractivity contribution in [2.75, 3.05) is 10.6 Å². The van der Waals surface area contributed by atoms with Crippen LogP contribution in [0.4, 0.5) is 16.2 Å². The Morgan fingerprint density at radius 1 is 1.00 bits per heavy atom. The van der Waals surface area contributed by atoms with Gasteiger partial charge >= 0.3 is 6.03 Å². The Bertz CT molecular complexity index is 748. The second-order valence-electron chi connectivity index (χ2n) is 5.25. The van der Waals surface area contributed by atoms with Gasteiger partial charge in [-0.05, 0) is 42.8 Å². The lowest BCUT2D eigenvalue weighted by molar-refractivity contribution is -0.114. The number of hydrogen-bond acceptors (Lipinski definition) is 2. The van der Waals surface area contributed by atoms with Crippen molar-refractivity contribution in [3.05, 3.63) is 58.1 Å². The van der Waals surface area contributed by atoms with Crippen molar-refractivity contribution in [2.45, 2.75) is 19.9 Å². The number of rotatable bonds is 4. The number of carbonyl (C=O) groups excluding carboxylic acids is 2. The molecule has 0 spiro atoms. The molecule has 2 rings (SSSR count). The van der Waals surface area contributed by atoms with E-state index in [4.69, 9.17) is 23.2 Å². The van der Waals surface area contributed by atoms with Gasteiger partial charge < -0.3 is 16.0 Å². The standard InChI is InChI=1S/C17H17Cl2N3O2/c1-10(12-3-5-13(18)6-4-12)20-17(24)22-16-8-7-14(9-15(16)19)21-11(2)23/h3-10H,1-2H3,(H,21,23)(H2,20,22,24). The minimum atomic E-state index is -0.383. The summed E-state index contributed by atoms with van der Waals surface area (Å²) in [7, 11) is 0. The van der Waals surface area contributed by atoms with E-state index in [0.29, 0.717) is 21.4 Å². The number of anilines is 2. The van der Waals surface area contributed by atoms with Crippen LogP contribution in [0, 0.1) is 0 Å². The zero-order valence-corrected chi connectivity index (χ0v) is 14.7. The summed E-state index contributed by atoms with van der Waals surface area (Å²) in [6.45, 7) is 3.27. The maximum atomic E-state index is 12.1. The number of urea groups is 1. The molecule has 0 aliphatic heterocycles. The van der Waals surface area contributed by atoms with Gasteiger partial charge in [0.05, 0.1) is 16.8 Å². The first-order chi connectivity index (χ1) is 11.3. The minimum Gasteiger partial charge on any atom is -0.331 e. The molecule has 3 N–H and O–H groups in total. The lowest BCUT2D eigenvalue weighted by atomic mass is 10.1. The quantitative estimate of drug-likeness (QED) is 0.725. The molecular weight excluding hydrogens is 349 g/mol. The van der Waals surface area contributed by atoms with Crippen LogP contribution in [0.25, 0.3) is 0 Å². The molecule has 0 aromatic heterocycles. The lowest BCUT2D eigenvalue weighted by Gasteiger charge is -2.16. The summed E-state index contributed by atoms with van der Waals surface area (Å²) in [5.74, 6) is -0.193. The zero-order chi connectivity index (χ0) is 17.7. The summed E-state index contributed by atoms with van der Waals surface area (Å²) >= 11 is 12.0. The predicted octanol–water partition coefficient (Wildman–Crippen LogP) is 4.83. The summed E-state index contributed by atoms with van der Waals surface area (Å²) in [6.07, 6.45) is 0. The van der Waals surface area contributed by atoms with Gasteiger partial charge in [-0.25, -0.2) is 4.79 Å². The predicted molar refractivity (Wildman–Crippen MR) is 97.8 cm³/mol. The number of nitrogens with one attached hydrogen (secondary N) is 3. The fourth-order valence-corrected chi connectivity index (χ4v) is 2.44. The van der Waals surface area contributed by atoms with Gasteiger partial charge in [0.25, 0.3) is 0 Å². The number of hydrogen-bond donors (Lipinski definition) is 3. The molecule has 2 aromatic rings. The molecule has 0 fully saturated rings. The number of amides is 3. The van der Waals surface area contributed by atoms with Gasteiger partial charge in [-0.1, -0.05) is 35.3 Å². The summed E-state index contributed by atoms with van der Waals surface area (Å²) in [6, 6.07) is 11.5. The second kappa shape index (κ2) is 8.04. The molecule has 0 aliphatic carbocycles. The van der Waals surface area contributed by atoms with E-state index in [9.17, 15) is 9.59 Å². The van der Waals surface area contributed by atoms with E-state index < -0.39 is 0 Å². The molecule has 5 nitrogen and oxygen atoms in total. The molecule has 0 heterocycles. The first-order valence-corrected chi connectivity index (χ1v) is 8.01. The number of benzene rings is 2. The second-order valence-corrected chi connectivity index (χ2v) is 6.09. The molecule has 1 unspecified atom stereocenters. The number of carbonyl (C=O) groups is 2. The Morgan fingerprint density at radius 2 is 1.67 bits per heavy atom. The van der Waals surface area contributed by atoms with E-state index >= 15 is 0 Å². The Labute approximate surface area is 150 Å². The average molecular weight is 366 g/mol. The third-order valence-corrected chi connectivity index (χ3v) is 3.82. The van der Waals surface area contributed by atoms with Crippen LogP contribution < -0.4 is 16.0 Å². The lowest BCUT2D eigenvalue weighted by Crippen LogP contribution is -2.31. The largest absolute Gasteiger partial charge is 0.331 e. The molecule has 24 heavy (non-hydrogen) atoms. The van der Waals surface area contributed by atoms with Gasteiger partial charge in [-0.15, -0.1) is 0 Å². The Morgan fingerprint density at radius 3 is 2.25 bits per heavy atom. The van der Waals surface area contributed by atoms with Crippen LogP contribution >= 0.6 is 23.2 Å². The van der Waals surface area contributed by atoms with E-state index in [1.54, 1.807) is 30.3 Å². The zero-order valence-electron chi connectivity index (χ0n) is 13.2. The fraction of sp³-hybridized carbons (Fsp3) is 0.176. The van der Waals surface area contributed by atoms with E-state index in [2.05, 4.69) is 16.0 Å². The highest BCUT2D eigenvalue weighted by molar-refractivity contribution is 6.34. The highest BCUT2D eigenvalue weighted by atomic mass is 35.5. The van der Waals surface area contributed by atoms with E-state index in [-0.39, 0.29) is 18.0 Å². The summed E-state index contributed by atoms with van der Waals surface area (Å²) < 4.78 is 0. The third-order valence-electron chi connectivity index (χ3n) is 3.26. The molecule has 126 valence electrons. The summed E-state index contributed by atoms with van der Waals surface area (Å²) in [5, 5.41) is 9.09. The van der Waals surface area contributed by atoms with E-state index in [1.807, 2.05) is 19.1 Å². The molecule has 0 saturated heterocycles. The Hall–Kier alpha value is -2.24. The van der Waals surface area contributed by atoms with Gasteiger partial charge in [0.1, 0.15) is 0 Å². The van der Waals surface area contributed by atoms with Crippen molar-refractivity contribution in [1.82, 2.24) is 5.32 Å². The Balaban J connectivity index is 1.99. The first-order valence-electron chi connectivity index (χ1n) is 7.25. The van der Waals surface area contributed by atoms with Crippen LogP contribution in [0.2, 0.25) is 10.0 Å². The molecule has 1 atom stereocenters. The molecule has 0 saturated carbocycles. The molecule has 7 heteroatoms. The molecule has 0 bridgehead atoms. The summed E-state index contributed by atoms with van der Waals surface area (Å²) in [4.78, 5) is 23.1. The van der Waals surface area contributed by atoms with E-state index in [1.165, 1.54) is 6.92 Å². The monoisotopic (exact) mass is 365 g/mol. The minimum absolute atomic E-state index is 0.193. The van der Waals surface area contributed by atoms with Crippen LogP contribution in [-0.4, -0.2) is 11.9 Å². The molecule has 3 amide bonds. The van der Waals surface area contributed by atoms with Gasteiger partial charge in [-0.2, -0.15) is 0 Å². The molecular formula is C17H17Cl2N3O2. The van der Waals surface area contributed by atoms with E-state index in [0.717, 1.165) is 5.56 Å². The van der Waals surface area contributed by atoms with Gasteiger partial charge in [0, 0.05) is 17.6 Å². The maximum absolute atomic E-state index is 12.1. The molecule has 2 aromatic carbocycles. The van der Waals surface area contributed by atoms with Gasteiger partial charge in [-0.3, -0.25) is 4.79 Å². The first kappa shape index (κ1) is 18.1. The van der Waals surface area contributed by atoms with Crippen LogP contribution in [-0.2, 0) is 4.79 Å². The van der Waals surface area contributed by atoms with Gasteiger partial charge in [0.2, 0.25) is 5.91 Å². The maximum Gasteiger partial charge on any atom is 0.319 e. The molecule has 0 radical (unpaired) electrons. The normalized spacial score (nSPS) is 11.5. The highest BCUT2D eigenvalue weighted by Crippen LogP contribution is 2.25. The van der Waals surface area contributed by atoms with Crippen LogP contribution in [0.1, 0.15) is 25.5 Å². The van der Waals surface area contributed by atoms with Crippen molar-refractivity contribution in [1.29, 1.82) is 0 Å². The number of halogens is 2. The third kappa shape index (κ3) is 5.15. The van der Waals surface area contributed by atoms with Gasteiger partial charge in [0.15, 0.2) is 0 Å². The fourth-order valence-electron chi connectivity index (χ4n) is 2.09. The van der Waals surface area contributed by atoms with Crippen molar-refractivity contribution in [3.8, 4) is 0 Å². The summed E-state index contributed by atoms with van der Waals surface area (Å²) in [5.41, 5.74) is 1.95. The van der Waals surface area contributed by atoms with Crippen LogP contribution in [0.15, 0.2) is 42.5 Å². The topological polar surface area (TPSA) is 70.2 Å². The van der Waals surface area contributed by atoms with Crippen LogP contribution in [0.3, 0.4) is 0 Å². The average Bonchev–Trinajstić information content (AvgIpc) is 2.50. The Kier molecular flexibility index (Phi) is 6.06. The van der Waals surface area contributed by atoms with Crippen molar-refractivity contribution < 1.29 is 9.59 Å². The highest BCUT2D eigenvalue weighted by Gasteiger charge is 2.11. The van der Waals surface area contributed by atoms with Crippen molar-refractivity contribution in [3.63, 3.8) is 0 Å². The van der Waals surface area contributed by atoms with Crippen molar-refractivity contribution >= 4 is 46.5 Å². The SMILES string of the molecule is CC(=O)Nc1ccc(NC(=O)NC(C)c2ccc(Cl)cc2)c(Cl)c1.